The molecule has 190 valence electrons. The van der Waals surface area contributed by atoms with Gasteiger partial charge < -0.3 is 20.7 Å². The van der Waals surface area contributed by atoms with Crippen LogP contribution in [-0.4, -0.2) is 40.5 Å². The van der Waals surface area contributed by atoms with Crippen LogP contribution in [0, 0.1) is 10.1 Å². The summed E-state index contributed by atoms with van der Waals surface area (Å²) in [6.07, 6.45) is 0.404. The Kier molecular flexibility index (Phi) is 8.26. The van der Waals surface area contributed by atoms with E-state index in [2.05, 4.69) is 16.0 Å². The first-order valence-corrected chi connectivity index (χ1v) is 11.5. The Morgan fingerprint density at radius 3 is 2.14 bits per heavy atom. The molecule has 3 N–H and O–H groups in total. The Labute approximate surface area is 208 Å². The third-order valence-corrected chi connectivity index (χ3v) is 5.44. The Morgan fingerprint density at radius 2 is 1.64 bits per heavy atom. The largest absolute Gasteiger partial charge is 0.459 e. The van der Waals surface area contributed by atoms with Crippen LogP contribution in [0.5, 0.6) is 0 Å². The molecule has 0 saturated carbocycles. The van der Waals surface area contributed by atoms with E-state index in [9.17, 15) is 24.5 Å². The van der Waals surface area contributed by atoms with Crippen LogP contribution in [0.15, 0.2) is 59.8 Å². The minimum absolute atomic E-state index is 0.0786. The molecule has 2 aromatic carbocycles. The number of allylic oxidation sites excluding steroid dienone is 1. The molecule has 4 amide bonds. The molecule has 0 aromatic heterocycles. The second-order valence-electron chi connectivity index (χ2n) is 8.49. The normalized spacial score (nSPS) is 15.4. The Balaban J connectivity index is 1.77. The molecule has 1 unspecified atom stereocenters. The molecule has 1 aliphatic heterocycles. The Morgan fingerprint density at radius 1 is 1.08 bits per heavy atom. The summed E-state index contributed by atoms with van der Waals surface area (Å²) in [4.78, 5) is 49.8. The first-order chi connectivity index (χ1) is 17.1. The van der Waals surface area contributed by atoms with Gasteiger partial charge in [-0.15, -0.1) is 0 Å². The van der Waals surface area contributed by atoms with Gasteiger partial charge in [0.25, 0.3) is 5.69 Å². The highest BCUT2D eigenvalue weighted by atomic mass is 16.6. The van der Waals surface area contributed by atoms with Crippen molar-refractivity contribution in [1.29, 1.82) is 0 Å². The van der Waals surface area contributed by atoms with Gasteiger partial charge in [0.05, 0.1) is 22.6 Å². The topological polar surface area (TPSA) is 143 Å². The van der Waals surface area contributed by atoms with E-state index in [1.807, 2.05) is 6.92 Å². The predicted molar refractivity (Wildman–Crippen MR) is 134 cm³/mol. The van der Waals surface area contributed by atoms with Crippen molar-refractivity contribution in [3.8, 4) is 0 Å². The average molecular weight is 496 g/mol. The maximum absolute atomic E-state index is 12.9. The molecule has 0 bridgehead atoms. The maximum Gasteiger partial charge on any atom is 0.338 e. The number of benzene rings is 2. The van der Waals surface area contributed by atoms with E-state index < -0.39 is 23.0 Å². The number of non-ortho nitro benzene ring substituents is 1. The van der Waals surface area contributed by atoms with Crippen LogP contribution in [-0.2, 0) is 9.53 Å². The highest BCUT2D eigenvalue weighted by molar-refractivity contribution is 6.00. The van der Waals surface area contributed by atoms with E-state index in [1.165, 1.54) is 29.2 Å². The van der Waals surface area contributed by atoms with Crippen LogP contribution in [0.4, 0.5) is 26.7 Å². The van der Waals surface area contributed by atoms with Crippen molar-refractivity contribution in [3.63, 3.8) is 0 Å². The minimum atomic E-state index is -0.708. The summed E-state index contributed by atoms with van der Waals surface area (Å²) in [6, 6.07) is 10.6. The SMILES string of the molecule is CCCN1C(=O)NC(c2ccc(NC(=O)Nc3ccc([N+](=O)[O-])cc3)cc2)C(C(=O)OC(C)C)=C1C. The van der Waals surface area contributed by atoms with Gasteiger partial charge in [-0.05, 0) is 57.0 Å². The monoisotopic (exact) mass is 495 g/mol. The van der Waals surface area contributed by atoms with Crippen LogP contribution in [0.25, 0.3) is 0 Å². The highest BCUT2D eigenvalue weighted by Gasteiger charge is 2.36. The Hall–Kier alpha value is -4.41. The molecule has 1 atom stereocenters. The molecule has 0 spiro atoms. The zero-order chi connectivity index (χ0) is 26.4. The maximum atomic E-state index is 12.9. The van der Waals surface area contributed by atoms with Gasteiger partial charge in [0, 0.05) is 35.7 Å². The second-order valence-corrected chi connectivity index (χ2v) is 8.49. The molecule has 11 nitrogen and oxygen atoms in total. The van der Waals surface area contributed by atoms with Crippen molar-refractivity contribution < 1.29 is 24.0 Å². The fourth-order valence-corrected chi connectivity index (χ4v) is 3.78. The number of carbonyl (C=O) groups is 3. The number of nitro groups is 1. The van der Waals surface area contributed by atoms with E-state index in [0.717, 1.165) is 6.42 Å². The molecular weight excluding hydrogens is 466 g/mol. The second kappa shape index (κ2) is 11.3. The van der Waals surface area contributed by atoms with Gasteiger partial charge in [-0.3, -0.25) is 15.0 Å². The van der Waals surface area contributed by atoms with Gasteiger partial charge in [0.15, 0.2) is 0 Å². The van der Waals surface area contributed by atoms with Crippen LogP contribution < -0.4 is 16.0 Å². The van der Waals surface area contributed by atoms with Gasteiger partial charge in [-0.1, -0.05) is 19.1 Å². The molecule has 36 heavy (non-hydrogen) atoms. The quantitative estimate of drug-likeness (QED) is 0.269. The lowest BCUT2D eigenvalue weighted by atomic mass is 9.94. The van der Waals surface area contributed by atoms with Gasteiger partial charge >= 0.3 is 18.0 Å². The van der Waals surface area contributed by atoms with E-state index in [4.69, 9.17) is 4.74 Å². The fraction of sp³-hybridized carbons (Fsp3) is 0.320. The van der Waals surface area contributed by atoms with Gasteiger partial charge in [0.1, 0.15) is 0 Å². The lowest BCUT2D eigenvalue weighted by Crippen LogP contribution is -2.48. The van der Waals surface area contributed by atoms with E-state index in [1.54, 1.807) is 45.0 Å². The van der Waals surface area contributed by atoms with Crippen molar-refractivity contribution in [3.05, 3.63) is 75.5 Å². The number of hydrogen-bond donors (Lipinski definition) is 3. The van der Waals surface area contributed by atoms with Crippen LogP contribution in [0.2, 0.25) is 0 Å². The van der Waals surface area contributed by atoms with Crippen molar-refractivity contribution in [1.82, 2.24) is 10.2 Å². The number of nitro benzene ring substituents is 1. The number of urea groups is 2. The summed E-state index contributed by atoms with van der Waals surface area (Å²) < 4.78 is 5.45. The summed E-state index contributed by atoms with van der Waals surface area (Å²) in [6.45, 7) is 7.67. The van der Waals surface area contributed by atoms with Crippen LogP contribution >= 0.6 is 0 Å². The highest BCUT2D eigenvalue weighted by Crippen LogP contribution is 2.32. The lowest BCUT2D eigenvalue weighted by Gasteiger charge is -2.35. The zero-order valence-corrected chi connectivity index (χ0v) is 20.5. The number of ether oxygens (including phenoxy) is 1. The van der Waals surface area contributed by atoms with Crippen molar-refractivity contribution in [2.45, 2.75) is 46.3 Å². The Bertz CT molecular complexity index is 1170. The number of hydrogen-bond acceptors (Lipinski definition) is 6. The number of carbonyl (C=O) groups excluding carboxylic acids is 3. The van der Waals surface area contributed by atoms with Crippen molar-refractivity contribution >= 4 is 35.1 Å². The van der Waals surface area contributed by atoms with Crippen LogP contribution in [0.3, 0.4) is 0 Å². The number of nitrogens with zero attached hydrogens (tertiary/aromatic N) is 2. The van der Waals surface area contributed by atoms with Gasteiger partial charge in [-0.25, -0.2) is 14.4 Å². The number of amides is 4. The molecule has 1 heterocycles. The third kappa shape index (κ3) is 6.17. The molecular formula is C25H29N5O6. The summed E-state index contributed by atoms with van der Waals surface area (Å²) in [5, 5.41) is 18.9. The minimum Gasteiger partial charge on any atom is -0.459 e. The van der Waals surface area contributed by atoms with Gasteiger partial charge in [-0.2, -0.15) is 0 Å². The molecule has 3 rings (SSSR count). The molecule has 0 fully saturated rings. The molecule has 2 aromatic rings. The molecule has 0 saturated heterocycles. The first kappa shape index (κ1) is 26.2. The molecule has 0 aliphatic carbocycles. The number of anilines is 2. The van der Waals surface area contributed by atoms with Crippen molar-refractivity contribution in [2.24, 2.45) is 0 Å². The zero-order valence-electron chi connectivity index (χ0n) is 20.5. The number of rotatable bonds is 8. The smallest absolute Gasteiger partial charge is 0.338 e. The van der Waals surface area contributed by atoms with E-state index in [-0.39, 0.29) is 17.8 Å². The average Bonchev–Trinajstić information content (AvgIpc) is 2.81. The van der Waals surface area contributed by atoms with E-state index >= 15 is 0 Å². The molecule has 1 aliphatic rings. The number of esters is 1. The van der Waals surface area contributed by atoms with Crippen LogP contribution in [0.1, 0.15) is 45.7 Å². The predicted octanol–water partition coefficient (Wildman–Crippen LogP) is 4.94. The first-order valence-electron chi connectivity index (χ1n) is 11.5. The standard InChI is InChI=1S/C25H29N5O6/c1-5-14-29-16(4)21(23(31)36-15(2)3)22(28-25(29)33)17-6-8-18(9-7-17)26-24(32)27-19-10-12-20(13-11-19)30(34)35/h6-13,15,22H,5,14H2,1-4H3,(H,28,33)(H2,26,27,32). The summed E-state index contributed by atoms with van der Waals surface area (Å²) >= 11 is 0. The summed E-state index contributed by atoms with van der Waals surface area (Å²) in [5.41, 5.74) is 2.33. The third-order valence-electron chi connectivity index (χ3n) is 5.44. The fourth-order valence-electron chi connectivity index (χ4n) is 3.78. The van der Waals surface area contributed by atoms with Gasteiger partial charge in [0.2, 0.25) is 0 Å². The van der Waals surface area contributed by atoms with Crippen molar-refractivity contribution in [2.75, 3.05) is 17.2 Å². The lowest BCUT2D eigenvalue weighted by molar-refractivity contribution is -0.384. The molecule has 0 radical (unpaired) electrons. The summed E-state index contributed by atoms with van der Waals surface area (Å²) in [7, 11) is 0. The summed E-state index contributed by atoms with van der Waals surface area (Å²) in [5.74, 6) is -0.502. The number of nitrogens with one attached hydrogen (secondary N) is 3. The molecule has 11 heteroatoms. The van der Waals surface area contributed by atoms with E-state index in [0.29, 0.717) is 34.8 Å².